The average Bonchev–Trinajstić information content (AvgIpc) is 3.22. The lowest BCUT2D eigenvalue weighted by atomic mass is 9.94. The molecular weight excluding hydrogens is 509 g/mol. The van der Waals surface area contributed by atoms with Gasteiger partial charge in [0, 0.05) is 39.6 Å². The van der Waals surface area contributed by atoms with E-state index in [0.717, 1.165) is 5.56 Å². The summed E-state index contributed by atoms with van der Waals surface area (Å²) in [5, 5.41) is 9.10. The van der Waals surface area contributed by atoms with Crippen LogP contribution in [0.1, 0.15) is 54.2 Å². The maximum absolute atomic E-state index is 12.9. The number of allylic oxidation sites excluding steroid dienone is 2. The molecule has 0 atom stereocenters. The van der Waals surface area contributed by atoms with E-state index in [9.17, 15) is 9.59 Å². The summed E-state index contributed by atoms with van der Waals surface area (Å²) in [5.74, 6) is -0.920. The van der Waals surface area contributed by atoms with E-state index in [2.05, 4.69) is 0 Å². The molecule has 0 fully saturated rings. The largest absolute Gasteiger partial charge is 0.434 e. The van der Waals surface area contributed by atoms with Crippen LogP contribution in [0.4, 0.5) is 0 Å². The first kappa shape index (κ1) is 26.3. The van der Waals surface area contributed by atoms with Gasteiger partial charge in [-0.2, -0.15) is 0 Å². The Morgan fingerprint density at radius 3 is 2.24 bits per heavy atom. The molecule has 2 aromatic heterocycles. The number of nitrogens with zero attached hydrogens (tertiary/aromatic N) is 1. The first-order chi connectivity index (χ1) is 17.5. The van der Waals surface area contributed by atoms with Gasteiger partial charge in [-0.3, -0.25) is 9.59 Å². The van der Waals surface area contributed by atoms with Gasteiger partial charge in [0.2, 0.25) is 11.5 Å². The summed E-state index contributed by atoms with van der Waals surface area (Å²) < 4.78 is 5.91. The number of aromatic nitrogens is 1. The highest BCUT2D eigenvalue weighted by molar-refractivity contribution is 6.34. The van der Waals surface area contributed by atoms with Gasteiger partial charge in [0.05, 0.1) is 21.7 Å². The number of rotatable bonds is 7. The minimum atomic E-state index is -0.363. The number of hydrogen-bond acceptors (Lipinski definition) is 6. The number of halogens is 2. The van der Waals surface area contributed by atoms with E-state index >= 15 is 0 Å². The molecule has 0 saturated carbocycles. The maximum atomic E-state index is 12.9. The topological polar surface area (TPSA) is 110 Å². The lowest BCUT2D eigenvalue weighted by Crippen LogP contribution is -2.10. The molecule has 0 unspecified atom stereocenters. The van der Waals surface area contributed by atoms with E-state index in [0.29, 0.717) is 49.1 Å². The van der Waals surface area contributed by atoms with Gasteiger partial charge >= 0.3 is 0 Å². The molecule has 8 heteroatoms. The van der Waals surface area contributed by atoms with E-state index in [1.807, 2.05) is 18.2 Å². The van der Waals surface area contributed by atoms with Gasteiger partial charge < -0.3 is 15.6 Å². The van der Waals surface area contributed by atoms with Gasteiger partial charge in [-0.15, -0.1) is 0 Å². The number of nitrogens with two attached hydrogens (primary N) is 1. The van der Waals surface area contributed by atoms with Gasteiger partial charge in [0.25, 0.3) is 0 Å². The van der Waals surface area contributed by atoms with Crippen molar-refractivity contribution < 1.29 is 14.0 Å². The zero-order chi connectivity index (χ0) is 27.0. The lowest BCUT2D eigenvalue weighted by Gasteiger charge is -2.13. The number of ketones is 2. The highest BCUT2D eigenvalue weighted by Gasteiger charge is 2.28. The van der Waals surface area contributed by atoms with Crippen LogP contribution >= 0.6 is 23.2 Å². The lowest BCUT2D eigenvalue weighted by molar-refractivity contribution is 0.0901. The maximum Gasteiger partial charge on any atom is 0.228 e. The summed E-state index contributed by atoms with van der Waals surface area (Å²) in [6.07, 6.45) is 1.18. The number of nitrogens with one attached hydrogen (secondary N) is 1. The Bertz CT molecular complexity index is 1600. The average molecular weight is 534 g/mol. The van der Waals surface area contributed by atoms with Gasteiger partial charge in [-0.25, -0.2) is 4.98 Å². The Morgan fingerprint density at radius 1 is 1.03 bits per heavy atom. The second kappa shape index (κ2) is 10.3. The molecular formula is C29H25Cl2N3O3. The molecule has 4 rings (SSSR count). The highest BCUT2D eigenvalue weighted by Crippen LogP contribution is 2.40. The van der Waals surface area contributed by atoms with Crippen molar-refractivity contribution in [3.05, 3.63) is 81.2 Å². The Labute approximate surface area is 224 Å². The first-order valence-electron chi connectivity index (χ1n) is 11.6. The van der Waals surface area contributed by atoms with Gasteiger partial charge in [0.15, 0.2) is 11.5 Å². The van der Waals surface area contributed by atoms with Crippen LogP contribution in [0, 0.1) is 11.3 Å². The smallest absolute Gasteiger partial charge is 0.228 e. The molecule has 2 heterocycles. The molecule has 6 nitrogen and oxygen atoms in total. The number of furan rings is 1. The number of pyridine rings is 1. The quantitative estimate of drug-likeness (QED) is 0.185. The van der Waals surface area contributed by atoms with Gasteiger partial charge in [-0.1, -0.05) is 61.3 Å². The third-order valence-electron chi connectivity index (χ3n) is 6.04. The molecule has 0 aliphatic heterocycles. The van der Waals surface area contributed by atoms with Crippen LogP contribution in [-0.2, 0) is 0 Å². The van der Waals surface area contributed by atoms with Crippen LogP contribution in [0.25, 0.3) is 39.1 Å². The van der Waals surface area contributed by atoms with E-state index in [1.165, 1.54) is 13.1 Å². The zero-order valence-corrected chi connectivity index (χ0v) is 22.3. The minimum Gasteiger partial charge on any atom is -0.434 e. The monoisotopic (exact) mass is 533 g/mol. The van der Waals surface area contributed by atoms with Crippen molar-refractivity contribution >= 4 is 57.7 Å². The summed E-state index contributed by atoms with van der Waals surface area (Å²) in [6.45, 7) is 6.62. The predicted molar refractivity (Wildman–Crippen MR) is 150 cm³/mol. The molecule has 0 bridgehead atoms. The molecule has 0 aliphatic rings. The van der Waals surface area contributed by atoms with Crippen LogP contribution in [0.5, 0.6) is 0 Å². The Hall–Kier alpha value is -3.74. The third-order valence-corrected chi connectivity index (χ3v) is 6.61. The van der Waals surface area contributed by atoms with Crippen LogP contribution in [0.3, 0.4) is 0 Å². The Morgan fingerprint density at radius 2 is 1.70 bits per heavy atom. The number of hydrogen-bond donors (Lipinski definition) is 2. The third kappa shape index (κ3) is 4.95. The second-order valence-electron chi connectivity index (χ2n) is 9.06. The number of benzene rings is 2. The van der Waals surface area contributed by atoms with Crippen LogP contribution in [0.2, 0.25) is 10.0 Å². The molecule has 0 radical (unpaired) electrons. The SMILES string of the molecule is CC(=O)c1c(C(=O)C(C)C)oc2nc(-c3ccc(/C(C=N)=C(\C)N)cc3Cl)c(-c3ccc(Cl)cc3)cc12. The number of fused-ring (bicyclic) bond motifs is 1. The second-order valence-corrected chi connectivity index (χ2v) is 9.90. The van der Waals surface area contributed by atoms with Crippen LogP contribution in [0.15, 0.2) is 58.6 Å². The van der Waals surface area contributed by atoms with E-state index < -0.39 is 0 Å². The van der Waals surface area contributed by atoms with Crippen molar-refractivity contribution in [1.82, 2.24) is 4.98 Å². The number of carbonyl (C=O) groups is 2. The van der Waals surface area contributed by atoms with Gasteiger partial charge in [0.1, 0.15) is 0 Å². The van der Waals surface area contributed by atoms with Gasteiger partial charge in [-0.05, 0) is 49.2 Å². The summed E-state index contributed by atoms with van der Waals surface area (Å²) >= 11 is 12.9. The molecule has 188 valence electrons. The Balaban J connectivity index is 2.05. The molecule has 0 amide bonds. The fourth-order valence-electron chi connectivity index (χ4n) is 4.16. The number of Topliss-reactive ketones (excluding diaryl/α,β-unsaturated/α-hetero) is 2. The molecule has 37 heavy (non-hydrogen) atoms. The fraction of sp³-hybridized carbons (Fsp3) is 0.172. The summed E-state index contributed by atoms with van der Waals surface area (Å²) in [6, 6.07) is 14.3. The van der Waals surface area contributed by atoms with Crippen molar-refractivity contribution in [2.45, 2.75) is 27.7 Å². The van der Waals surface area contributed by atoms with Crippen molar-refractivity contribution in [1.29, 1.82) is 5.41 Å². The normalized spacial score (nSPS) is 12.1. The zero-order valence-electron chi connectivity index (χ0n) is 20.8. The van der Waals surface area contributed by atoms with E-state index in [-0.39, 0.29) is 34.5 Å². The van der Waals surface area contributed by atoms with Crippen molar-refractivity contribution in [3.8, 4) is 22.4 Å². The predicted octanol–water partition coefficient (Wildman–Crippen LogP) is 7.85. The highest BCUT2D eigenvalue weighted by atomic mass is 35.5. The van der Waals surface area contributed by atoms with E-state index in [1.54, 1.807) is 51.1 Å². The minimum absolute atomic E-state index is 0.00448. The number of carbonyl (C=O) groups excluding carboxylic acids is 2. The van der Waals surface area contributed by atoms with Crippen molar-refractivity contribution in [3.63, 3.8) is 0 Å². The molecule has 4 aromatic rings. The van der Waals surface area contributed by atoms with E-state index in [4.69, 9.17) is 43.7 Å². The summed E-state index contributed by atoms with van der Waals surface area (Å²) in [4.78, 5) is 30.3. The standard InChI is InChI=1S/C29H25Cl2N3O3/c1-14(2)27(36)28-25(16(4)35)22-12-21(17-5-8-19(30)9-6-17)26(34-29(22)37-28)20-10-7-18(11-24(20)31)23(13-32)15(3)33/h5-14,32H,33H2,1-4H3/b23-15+,32-13?. The molecule has 0 spiro atoms. The van der Waals surface area contributed by atoms with Crippen molar-refractivity contribution in [2.75, 3.05) is 0 Å². The van der Waals surface area contributed by atoms with Crippen LogP contribution < -0.4 is 5.73 Å². The first-order valence-corrected chi connectivity index (χ1v) is 12.3. The molecule has 3 N–H and O–H groups in total. The Kier molecular flexibility index (Phi) is 7.35. The molecule has 0 aliphatic carbocycles. The summed E-state index contributed by atoms with van der Waals surface area (Å²) in [7, 11) is 0. The molecule has 0 saturated heterocycles. The molecule has 2 aromatic carbocycles. The van der Waals surface area contributed by atoms with Crippen LogP contribution in [-0.4, -0.2) is 22.8 Å². The summed E-state index contributed by atoms with van der Waals surface area (Å²) in [5.41, 5.74) is 10.6. The van der Waals surface area contributed by atoms with Crippen molar-refractivity contribution in [2.24, 2.45) is 11.7 Å². The fourth-order valence-corrected chi connectivity index (χ4v) is 4.56.